The molecule has 3 aromatic rings. The lowest BCUT2D eigenvalue weighted by Gasteiger charge is -2.03. The second kappa shape index (κ2) is 13.0. The van der Waals surface area contributed by atoms with Gasteiger partial charge in [-0.05, 0) is 41.0 Å². The lowest BCUT2D eigenvalue weighted by Crippen LogP contribution is -1.94. The Balaban J connectivity index is 0.000000290. The Bertz CT molecular complexity index is 734. The Hall–Kier alpha value is -1.30. The maximum atomic E-state index is 5.56. The molecule has 2 nitrogen and oxygen atoms in total. The third-order valence-electron chi connectivity index (χ3n) is 3.56. The highest BCUT2D eigenvalue weighted by Gasteiger charge is 1.96. The van der Waals surface area contributed by atoms with Crippen LogP contribution in [0.1, 0.15) is 16.7 Å². The van der Waals surface area contributed by atoms with Crippen LogP contribution >= 0.6 is 40.1 Å². The summed E-state index contributed by atoms with van der Waals surface area (Å²) in [5, 5.41) is 0. The van der Waals surface area contributed by atoms with Crippen molar-refractivity contribution < 1.29 is 0 Å². The van der Waals surface area contributed by atoms with Gasteiger partial charge in [0.1, 0.15) is 0 Å². The van der Waals surface area contributed by atoms with E-state index in [2.05, 4.69) is 64.5 Å². The van der Waals surface area contributed by atoms with Gasteiger partial charge in [-0.1, -0.05) is 70.5 Å². The van der Waals surface area contributed by atoms with Crippen molar-refractivity contribution in [3.05, 3.63) is 100 Å². The lowest BCUT2D eigenvalue weighted by atomic mass is 10.2. The second-order valence-corrected chi connectivity index (χ2v) is 7.42. The van der Waals surface area contributed by atoms with Crippen LogP contribution in [0.4, 0.5) is 0 Å². The average Bonchev–Trinajstić information content (AvgIpc) is 2.69. The first-order valence-electron chi connectivity index (χ1n) is 8.11. The highest BCUT2D eigenvalue weighted by molar-refractivity contribution is 9.10. The van der Waals surface area contributed by atoms with E-state index in [9.17, 15) is 0 Å². The molecule has 0 amide bonds. The van der Waals surface area contributed by atoms with Gasteiger partial charge in [-0.15, -0.1) is 24.2 Å². The largest absolute Gasteiger partial charge is 0.326 e. The fourth-order valence-electron chi connectivity index (χ4n) is 2.08. The fraction of sp³-hybridized carbons (Fsp3) is 0.143. The number of nitrogens with two attached hydrogens (primary N) is 2. The van der Waals surface area contributed by atoms with E-state index in [4.69, 9.17) is 11.5 Å². The summed E-state index contributed by atoms with van der Waals surface area (Å²) < 4.78 is 1.10. The molecule has 3 aromatic carbocycles. The van der Waals surface area contributed by atoms with E-state index in [1.165, 1.54) is 21.6 Å². The Morgan fingerprint density at radius 3 is 1.65 bits per heavy atom. The van der Waals surface area contributed by atoms with E-state index in [0.29, 0.717) is 13.1 Å². The van der Waals surface area contributed by atoms with Crippen LogP contribution in [0.3, 0.4) is 0 Å². The Morgan fingerprint density at radius 1 is 0.654 bits per heavy atom. The van der Waals surface area contributed by atoms with E-state index in [1.807, 2.05) is 42.1 Å². The summed E-state index contributed by atoms with van der Waals surface area (Å²) in [6.07, 6.45) is 0. The van der Waals surface area contributed by atoms with Crippen molar-refractivity contribution in [2.75, 3.05) is 0 Å². The van der Waals surface area contributed by atoms with E-state index in [1.54, 1.807) is 0 Å². The van der Waals surface area contributed by atoms with Crippen LogP contribution in [0.2, 0.25) is 0 Å². The molecule has 0 aliphatic rings. The summed E-state index contributed by atoms with van der Waals surface area (Å²) in [6, 6.07) is 26.9. The molecule has 0 saturated heterocycles. The normalized spacial score (nSPS) is 9.65. The SMILES string of the molecule is Cl.NCc1ccc(Br)cc1.NCc1ccc(SCc2ccccc2)cc1. The Kier molecular flexibility index (Phi) is 11.3. The van der Waals surface area contributed by atoms with Gasteiger partial charge in [-0.3, -0.25) is 0 Å². The highest BCUT2D eigenvalue weighted by atomic mass is 79.9. The number of hydrogen-bond acceptors (Lipinski definition) is 3. The highest BCUT2D eigenvalue weighted by Crippen LogP contribution is 2.22. The standard InChI is InChI=1S/C14H15NS.C7H8BrN.ClH/c15-10-12-6-8-14(9-7-12)16-11-13-4-2-1-3-5-13;8-7-3-1-6(5-9)2-4-7;/h1-9H,10-11,15H2;1-4H,5,9H2;1H. The van der Waals surface area contributed by atoms with Crippen LogP contribution in [-0.4, -0.2) is 0 Å². The molecular weight excluding hydrogens is 428 g/mol. The molecular formula is C21H24BrClN2S. The van der Waals surface area contributed by atoms with Crippen molar-refractivity contribution in [3.63, 3.8) is 0 Å². The molecule has 0 radical (unpaired) electrons. The molecule has 0 saturated carbocycles. The maximum Gasteiger partial charge on any atom is 0.0231 e. The summed E-state index contributed by atoms with van der Waals surface area (Å²) in [5.41, 5.74) is 14.6. The predicted octanol–water partition coefficient (Wildman–Crippen LogP) is 5.77. The zero-order valence-corrected chi connectivity index (χ0v) is 17.7. The molecule has 0 aliphatic heterocycles. The monoisotopic (exact) mass is 450 g/mol. The van der Waals surface area contributed by atoms with E-state index >= 15 is 0 Å². The van der Waals surface area contributed by atoms with Gasteiger partial charge in [0, 0.05) is 28.2 Å². The Morgan fingerprint density at radius 2 is 1.15 bits per heavy atom. The average molecular weight is 452 g/mol. The zero-order chi connectivity index (χ0) is 17.9. The molecule has 0 bridgehead atoms. The van der Waals surface area contributed by atoms with Crippen molar-refractivity contribution in [3.8, 4) is 0 Å². The van der Waals surface area contributed by atoms with Crippen molar-refractivity contribution >= 4 is 40.1 Å². The number of halogens is 2. The van der Waals surface area contributed by atoms with E-state index in [0.717, 1.165) is 10.2 Å². The first kappa shape index (κ1) is 22.7. The minimum atomic E-state index is 0. The molecule has 0 aromatic heterocycles. The van der Waals surface area contributed by atoms with Crippen molar-refractivity contribution in [1.29, 1.82) is 0 Å². The summed E-state index contributed by atoms with van der Waals surface area (Å²) in [7, 11) is 0. The predicted molar refractivity (Wildman–Crippen MR) is 120 cm³/mol. The van der Waals surface area contributed by atoms with Gasteiger partial charge in [-0.2, -0.15) is 0 Å². The second-order valence-electron chi connectivity index (χ2n) is 5.45. The Labute approximate surface area is 174 Å². The molecule has 0 heterocycles. The summed E-state index contributed by atoms with van der Waals surface area (Å²) >= 11 is 5.19. The fourth-order valence-corrected chi connectivity index (χ4v) is 3.20. The third kappa shape index (κ3) is 8.39. The maximum absolute atomic E-state index is 5.56. The van der Waals surface area contributed by atoms with Gasteiger partial charge >= 0.3 is 0 Å². The molecule has 3 rings (SSSR count). The first-order valence-corrected chi connectivity index (χ1v) is 9.89. The van der Waals surface area contributed by atoms with E-state index in [-0.39, 0.29) is 12.4 Å². The van der Waals surface area contributed by atoms with Crippen molar-refractivity contribution in [2.24, 2.45) is 11.5 Å². The molecule has 0 unspecified atom stereocenters. The topological polar surface area (TPSA) is 52.0 Å². The van der Waals surface area contributed by atoms with Crippen LogP contribution in [0.5, 0.6) is 0 Å². The third-order valence-corrected chi connectivity index (χ3v) is 5.17. The van der Waals surface area contributed by atoms with Gasteiger partial charge in [0.05, 0.1) is 0 Å². The van der Waals surface area contributed by atoms with Gasteiger partial charge < -0.3 is 11.5 Å². The zero-order valence-electron chi connectivity index (χ0n) is 14.5. The summed E-state index contributed by atoms with van der Waals surface area (Å²) in [5.74, 6) is 1.02. The molecule has 26 heavy (non-hydrogen) atoms. The molecule has 4 N–H and O–H groups in total. The molecule has 0 spiro atoms. The number of benzene rings is 3. The number of rotatable bonds is 5. The minimum absolute atomic E-state index is 0. The molecule has 0 atom stereocenters. The lowest BCUT2D eigenvalue weighted by molar-refractivity contribution is 1.07. The van der Waals surface area contributed by atoms with Crippen LogP contribution in [0.15, 0.2) is 88.2 Å². The molecule has 138 valence electrons. The van der Waals surface area contributed by atoms with E-state index < -0.39 is 0 Å². The number of thioether (sulfide) groups is 1. The minimum Gasteiger partial charge on any atom is -0.326 e. The first-order chi connectivity index (χ1) is 12.2. The van der Waals surface area contributed by atoms with Crippen LogP contribution in [-0.2, 0) is 18.8 Å². The van der Waals surface area contributed by atoms with Crippen LogP contribution < -0.4 is 11.5 Å². The summed E-state index contributed by atoms with van der Waals surface area (Å²) in [4.78, 5) is 1.29. The smallest absolute Gasteiger partial charge is 0.0231 e. The van der Waals surface area contributed by atoms with Crippen molar-refractivity contribution in [1.82, 2.24) is 0 Å². The quantitative estimate of drug-likeness (QED) is 0.484. The van der Waals surface area contributed by atoms with Crippen molar-refractivity contribution in [2.45, 2.75) is 23.7 Å². The van der Waals surface area contributed by atoms with Crippen LogP contribution in [0, 0.1) is 0 Å². The van der Waals surface area contributed by atoms with Gasteiger partial charge in [0.15, 0.2) is 0 Å². The molecule has 5 heteroatoms. The van der Waals surface area contributed by atoms with Gasteiger partial charge in [0.2, 0.25) is 0 Å². The molecule has 0 aliphatic carbocycles. The van der Waals surface area contributed by atoms with Gasteiger partial charge in [0.25, 0.3) is 0 Å². The molecule has 0 fully saturated rings. The summed E-state index contributed by atoms with van der Waals surface area (Å²) in [6.45, 7) is 1.23. The number of hydrogen-bond donors (Lipinski definition) is 2. The van der Waals surface area contributed by atoms with Gasteiger partial charge in [-0.25, -0.2) is 0 Å². The van der Waals surface area contributed by atoms with Crippen LogP contribution in [0.25, 0.3) is 0 Å².